The number of fused-ring (bicyclic) bond motifs is 1. The number of nitrogens with one attached hydrogen (secondary N) is 2. The Hall–Kier alpha value is -2.70. The van der Waals surface area contributed by atoms with Crippen molar-refractivity contribution in [2.75, 3.05) is 4.72 Å². The average molecular weight is 337 g/mol. The van der Waals surface area contributed by atoms with Gasteiger partial charge in [-0.25, -0.2) is 0 Å². The Labute approximate surface area is 140 Å². The molecule has 0 unspecified atom stereocenters. The lowest BCUT2D eigenvalue weighted by Crippen LogP contribution is -2.34. The van der Waals surface area contributed by atoms with Crippen molar-refractivity contribution in [3.8, 4) is 22.4 Å². The summed E-state index contributed by atoms with van der Waals surface area (Å²) >= 11 is 0. The highest BCUT2D eigenvalue weighted by Gasteiger charge is 2.21. The van der Waals surface area contributed by atoms with Crippen LogP contribution in [0.2, 0.25) is 0 Å². The molecule has 0 atom stereocenters. The van der Waals surface area contributed by atoms with E-state index in [1.165, 1.54) is 0 Å². The first-order valence-electron chi connectivity index (χ1n) is 7.53. The normalized spacial score (nSPS) is 15.3. The molecule has 1 aliphatic heterocycles. The smallest absolute Gasteiger partial charge is 0.270 e. The maximum absolute atomic E-state index is 11.8. The zero-order valence-electron chi connectivity index (χ0n) is 12.7. The first kappa shape index (κ1) is 14.9. The number of rotatable bonds is 2. The lowest BCUT2D eigenvalue weighted by Gasteiger charge is -2.22. The molecule has 1 aromatic heterocycles. The maximum atomic E-state index is 11.8. The summed E-state index contributed by atoms with van der Waals surface area (Å²) < 4.78 is 28.7. The summed E-state index contributed by atoms with van der Waals surface area (Å²) in [6.45, 7) is 0.296. The fourth-order valence-corrected chi connectivity index (χ4v) is 3.73. The second-order valence-electron chi connectivity index (χ2n) is 5.56. The van der Waals surface area contributed by atoms with Crippen molar-refractivity contribution in [1.29, 1.82) is 0 Å². The minimum atomic E-state index is -3.49. The predicted molar refractivity (Wildman–Crippen MR) is 94.5 cm³/mol. The van der Waals surface area contributed by atoms with Crippen molar-refractivity contribution in [3.63, 3.8) is 0 Å². The van der Waals surface area contributed by atoms with Gasteiger partial charge in [-0.05, 0) is 23.3 Å². The van der Waals surface area contributed by atoms with Gasteiger partial charge in [-0.2, -0.15) is 13.1 Å². The van der Waals surface area contributed by atoms with E-state index < -0.39 is 10.2 Å². The molecule has 4 rings (SSSR count). The molecule has 2 aromatic carbocycles. The topological polar surface area (TPSA) is 71.1 Å². The summed E-state index contributed by atoms with van der Waals surface area (Å²) in [4.78, 5) is 4.34. The van der Waals surface area contributed by atoms with E-state index in [2.05, 4.69) is 14.4 Å². The Morgan fingerprint density at radius 3 is 2.42 bits per heavy atom. The fourth-order valence-electron chi connectivity index (χ4n) is 2.81. The predicted octanol–water partition coefficient (Wildman–Crippen LogP) is 3.18. The van der Waals surface area contributed by atoms with Crippen LogP contribution in [0.5, 0.6) is 0 Å². The summed E-state index contributed by atoms with van der Waals surface area (Å²) in [7, 11) is -3.49. The fraction of sp³-hybridized carbons (Fsp3) is 0.0556. The van der Waals surface area contributed by atoms with E-state index in [9.17, 15) is 8.42 Å². The van der Waals surface area contributed by atoms with Crippen LogP contribution in [0.3, 0.4) is 0 Å². The van der Waals surface area contributed by atoms with Crippen molar-refractivity contribution in [3.05, 3.63) is 72.4 Å². The molecule has 0 radical (unpaired) electrons. The maximum Gasteiger partial charge on any atom is 0.299 e. The minimum Gasteiger partial charge on any atom is -0.270 e. The Balaban J connectivity index is 1.75. The van der Waals surface area contributed by atoms with E-state index in [0.717, 1.165) is 27.9 Å². The van der Waals surface area contributed by atoms with Crippen LogP contribution in [0.1, 0.15) is 5.56 Å². The number of hydrogen-bond acceptors (Lipinski definition) is 3. The molecule has 0 saturated heterocycles. The molecule has 0 fully saturated rings. The molecule has 5 nitrogen and oxygen atoms in total. The van der Waals surface area contributed by atoms with E-state index in [4.69, 9.17) is 0 Å². The summed E-state index contributed by atoms with van der Waals surface area (Å²) in [6.07, 6.45) is 1.76. The van der Waals surface area contributed by atoms with Gasteiger partial charge >= 0.3 is 0 Å². The molecular weight excluding hydrogens is 322 g/mol. The zero-order chi connectivity index (χ0) is 16.6. The number of anilines is 1. The quantitative estimate of drug-likeness (QED) is 0.754. The molecule has 0 amide bonds. The van der Waals surface area contributed by atoms with Gasteiger partial charge in [0.2, 0.25) is 0 Å². The first-order valence-corrected chi connectivity index (χ1v) is 9.02. The average Bonchev–Trinajstić information content (AvgIpc) is 2.61. The third-order valence-electron chi connectivity index (χ3n) is 4.00. The summed E-state index contributed by atoms with van der Waals surface area (Å²) in [5.41, 5.74) is 5.31. The Kier molecular flexibility index (Phi) is 3.55. The van der Waals surface area contributed by atoms with Gasteiger partial charge in [0.15, 0.2) is 0 Å². The van der Waals surface area contributed by atoms with Crippen LogP contribution < -0.4 is 9.44 Å². The van der Waals surface area contributed by atoms with Crippen molar-refractivity contribution >= 4 is 15.9 Å². The molecule has 2 N–H and O–H groups in total. The molecule has 1 aliphatic rings. The number of para-hydroxylation sites is 1. The van der Waals surface area contributed by atoms with Crippen LogP contribution in [-0.4, -0.2) is 13.4 Å². The van der Waals surface area contributed by atoms with Gasteiger partial charge < -0.3 is 0 Å². The molecule has 0 spiro atoms. The van der Waals surface area contributed by atoms with Crippen LogP contribution in [-0.2, 0) is 16.8 Å². The van der Waals surface area contributed by atoms with Crippen molar-refractivity contribution < 1.29 is 8.42 Å². The Morgan fingerprint density at radius 1 is 0.875 bits per heavy atom. The second kappa shape index (κ2) is 5.74. The Bertz CT molecular complexity index is 985. The zero-order valence-corrected chi connectivity index (χ0v) is 13.5. The summed E-state index contributed by atoms with van der Waals surface area (Å²) in [6, 6.07) is 19.5. The molecule has 3 aromatic rings. The van der Waals surface area contributed by atoms with E-state index >= 15 is 0 Å². The number of pyridine rings is 1. The van der Waals surface area contributed by atoms with Crippen molar-refractivity contribution in [1.82, 2.24) is 9.71 Å². The monoisotopic (exact) mass is 337 g/mol. The molecule has 24 heavy (non-hydrogen) atoms. The molecule has 120 valence electrons. The highest BCUT2D eigenvalue weighted by atomic mass is 32.2. The van der Waals surface area contributed by atoms with Crippen LogP contribution in [0.25, 0.3) is 22.4 Å². The van der Waals surface area contributed by atoms with E-state index in [0.29, 0.717) is 12.2 Å². The van der Waals surface area contributed by atoms with Gasteiger partial charge in [-0.1, -0.05) is 48.5 Å². The standard InChI is InChI=1S/C18H15N3O2S/c22-24(23)20-12-15-4-3-5-16(18(15)21-24)13-7-9-14(10-8-13)17-6-1-2-11-19-17/h1-11,20-21H,12H2. The summed E-state index contributed by atoms with van der Waals surface area (Å²) in [5, 5.41) is 0. The molecule has 0 aliphatic carbocycles. The highest BCUT2D eigenvalue weighted by molar-refractivity contribution is 7.90. The van der Waals surface area contributed by atoms with Gasteiger partial charge in [0.05, 0.1) is 11.4 Å². The lowest BCUT2D eigenvalue weighted by molar-refractivity contribution is 0.584. The number of hydrogen-bond donors (Lipinski definition) is 2. The summed E-state index contributed by atoms with van der Waals surface area (Å²) in [5.74, 6) is 0. The van der Waals surface area contributed by atoms with E-state index in [-0.39, 0.29) is 0 Å². The van der Waals surface area contributed by atoms with E-state index in [1.54, 1.807) is 6.20 Å². The van der Waals surface area contributed by atoms with Crippen LogP contribution in [0.4, 0.5) is 5.69 Å². The van der Waals surface area contributed by atoms with Crippen LogP contribution >= 0.6 is 0 Å². The second-order valence-corrected chi connectivity index (χ2v) is 7.06. The van der Waals surface area contributed by atoms with Crippen molar-refractivity contribution in [2.24, 2.45) is 0 Å². The van der Waals surface area contributed by atoms with Gasteiger partial charge in [0, 0.05) is 23.9 Å². The van der Waals surface area contributed by atoms with Crippen LogP contribution in [0.15, 0.2) is 66.9 Å². The van der Waals surface area contributed by atoms with Gasteiger partial charge in [0.25, 0.3) is 10.2 Å². The highest BCUT2D eigenvalue weighted by Crippen LogP contribution is 2.34. The molecule has 6 heteroatoms. The molecule has 2 heterocycles. The molecule has 0 bridgehead atoms. The number of nitrogens with zero attached hydrogens (tertiary/aromatic N) is 1. The van der Waals surface area contributed by atoms with Crippen LogP contribution in [0, 0.1) is 0 Å². The van der Waals surface area contributed by atoms with E-state index in [1.807, 2.05) is 60.7 Å². The number of aromatic nitrogens is 1. The Morgan fingerprint density at radius 2 is 1.67 bits per heavy atom. The molecular formula is C18H15N3O2S. The SMILES string of the molecule is O=S1(=O)NCc2cccc(-c3ccc(-c4ccccn4)cc3)c2N1. The minimum absolute atomic E-state index is 0.296. The largest absolute Gasteiger partial charge is 0.299 e. The van der Waals surface area contributed by atoms with Gasteiger partial charge in [-0.3, -0.25) is 9.71 Å². The van der Waals surface area contributed by atoms with Gasteiger partial charge in [-0.15, -0.1) is 0 Å². The third-order valence-corrected chi connectivity index (χ3v) is 4.99. The number of benzene rings is 2. The third kappa shape index (κ3) is 2.77. The lowest BCUT2D eigenvalue weighted by atomic mass is 9.98. The van der Waals surface area contributed by atoms with Gasteiger partial charge in [0.1, 0.15) is 0 Å². The molecule has 0 saturated carbocycles. The van der Waals surface area contributed by atoms with Crippen molar-refractivity contribution in [2.45, 2.75) is 6.54 Å². The first-order chi connectivity index (χ1) is 11.6.